The summed E-state index contributed by atoms with van der Waals surface area (Å²) in [5.41, 5.74) is -1.07. The minimum atomic E-state index is -2.89. The van der Waals surface area contributed by atoms with E-state index in [9.17, 15) is 18.3 Å². The first-order chi connectivity index (χ1) is 9.47. The van der Waals surface area contributed by atoms with Crippen molar-refractivity contribution >= 4 is 15.7 Å². The summed E-state index contributed by atoms with van der Waals surface area (Å²) in [6.07, 6.45) is 1.98. The Kier molecular flexibility index (Phi) is 4.17. The second-order valence-electron chi connectivity index (χ2n) is 7.65. The predicted octanol–water partition coefficient (Wildman–Crippen LogP) is 1.11. The monoisotopic (exact) mass is 317 g/mol. The Balaban J connectivity index is 1.97. The zero-order valence-electron chi connectivity index (χ0n) is 13.3. The number of amides is 1. The van der Waals surface area contributed by atoms with E-state index in [0.717, 1.165) is 6.42 Å². The average Bonchev–Trinajstić information content (AvgIpc) is 3.03. The van der Waals surface area contributed by atoms with Crippen molar-refractivity contribution in [1.82, 2.24) is 5.32 Å². The van der Waals surface area contributed by atoms with Crippen molar-refractivity contribution in [3.8, 4) is 0 Å². The molecule has 2 atom stereocenters. The van der Waals surface area contributed by atoms with Crippen LogP contribution in [0.4, 0.5) is 0 Å². The van der Waals surface area contributed by atoms with Crippen LogP contribution < -0.4 is 5.32 Å². The number of sulfone groups is 1. The van der Waals surface area contributed by atoms with Crippen LogP contribution in [0.5, 0.6) is 0 Å². The molecular formula is C15H27NO4S. The SMILES string of the molecule is CC(C)[C@H](NC(=O)C1CC12CCS(=O)(=O)CC2)C(C)(C)O. The van der Waals surface area contributed by atoms with Crippen LogP contribution in [-0.2, 0) is 14.6 Å². The topological polar surface area (TPSA) is 83.5 Å². The summed E-state index contributed by atoms with van der Waals surface area (Å²) >= 11 is 0. The van der Waals surface area contributed by atoms with Crippen LogP contribution in [-0.4, -0.2) is 42.6 Å². The third-order valence-corrected chi connectivity index (χ3v) is 6.71. The summed E-state index contributed by atoms with van der Waals surface area (Å²) in [5, 5.41) is 13.1. The molecule has 122 valence electrons. The average molecular weight is 317 g/mol. The highest BCUT2D eigenvalue weighted by molar-refractivity contribution is 7.91. The zero-order valence-corrected chi connectivity index (χ0v) is 14.2. The molecule has 1 aliphatic heterocycles. The normalized spacial score (nSPS) is 28.4. The lowest BCUT2D eigenvalue weighted by atomic mass is 9.88. The zero-order chi connectivity index (χ0) is 16.1. The standard InChI is InChI=1S/C15H27NO4S/c1-10(2)12(14(3,4)18)16-13(17)11-9-15(11)5-7-21(19,20)8-6-15/h10-12,18H,5-9H2,1-4H3,(H,16,17)/t11?,12-/m0/s1. The quantitative estimate of drug-likeness (QED) is 0.814. The van der Waals surface area contributed by atoms with Crippen molar-refractivity contribution in [2.24, 2.45) is 17.3 Å². The molecule has 1 spiro atoms. The molecule has 2 fully saturated rings. The number of rotatable bonds is 4. The Bertz CT molecular complexity index is 504. The molecular weight excluding hydrogens is 290 g/mol. The molecule has 1 heterocycles. The van der Waals surface area contributed by atoms with E-state index in [1.54, 1.807) is 13.8 Å². The predicted molar refractivity (Wildman–Crippen MR) is 81.5 cm³/mol. The second-order valence-corrected chi connectivity index (χ2v) is 9.96. The van der Waals surface area contributed by atoms with Gasteiger partial charge in [-0.15, -0.1) is 0 Å². The minimum Gasteiger partial charge on any atom is -0.388 e. The smallest absolute Gasteiger partial charge is 0.224 e. The van der Waals surface area contributed by atoms with Crippen LogP contribution >= 0.6 is 0 Å². The fourth-order valence-corrected chi connectivity index (χ4v) is 5.27. The molecule has 2 N–H and O–H groups in total. The molecule has 0 aromatic carbocycles. The van der Waals surface area contributed by atoms with E-state index in [-0.39, 0.29) is 40.7 Å². The summed E-state index contributed by atoms with van der Waals surface area (Å²) in [4.78, 5) is 12.4. The maximum atomic E-state index is 12.4. The first kappa shape index (κ1) is 16.7. The van der Waals surface area contributed by atoms with Crippen molar-refractivity contribution < 1.29 is 18.3 Å². The van der Waals surface area contributed by atoms with E-state index in [1.807, 2.05) is 13.8 Å². The molecule has 0 aromatic rings. The van der Waals surface area contributed by atoms with Gasteiger partial charge in [-0.1, -0.05) is 13.8 Å². The molecule has 5 nitrogen and oxygen atoms in total. The van der Waals surface area contributed by atoms with Crippen LogP contribution in [0, 0.1) is 17.3 Å². The van der Waals surface area contributed by atoms with Crippen LogP contribution in [0.1, 0.15) is 47.0 Å². The van der Waals surface area contributed by atoms with Gasteiger partial charge in [0, 0.05) is 5.92 Å². The molecule has 21 heavy (non-hydrogen) atoms. The Morgan fingerprint density at radius 3 is 2.24 bits per heavy atom. The summed E-state index contributed by atoms with van der Waals surface area (Å²) in [6, 6.07) is -0.296. The van der Waals surface area contributed by atoms with Gasteiger partial charge in [-0.05, 0) is 44.4 Å². The molecule has 1 saturated carbocycles. The largest absolute Gasteiger partial charge is 0.388 e. The molecule has 6 heteroatoms. The van der Waals surface area contributed by atoms with Gasteiger partial charge in [0.05, 0.1) is 23.1 Å². The highest BCUT2D eigenvalue weighted by atomic mass is 32.2. The van der Waals surface area contributed by atoms with Crippen molar-refractivity contribution in [1.29, 1.82) is 0 Å². The van der Waals surface area contributed by atoms with Gasteiger partial charge in [-0.25, -0.2) is 8.42 Å². The van der Waals surface area contributed by atoms with E-state index in [1.165, 1.54) is 0 Å². The third-order valence-electron chi connectivity index (χ3n) is 5.05. The van der Waals surface area contributed by atoms with Gasteiger partial charge in [0.2, 0.25) is 5.91 Å². The van der Waals surface area contributed by atoms with Crippen LogP contribution in [0.3, 0.4) is 0 Å². The van der Waals surface area contributed by atoms with Crippen molar-refractivity contribution in [2.45, 2.75) is 58.6 Å². The van der Waals surface area contributed by atoms with Gasteiger partial charge in [0.1, 0.15) is 9.84 Å². The molecule has 1 saturated heterocycles. The van der Waals surface area contributed by atoms with E-state index >= 15 is 0 Å². The number of hydrogen-bond acceptors (Lipinski definition) is 4. The van der Waals surface area contributed by atoms with Gasteiger partial charge in [0.15, 0.2) is 0 Å². The number of hydrogen-bond donors (Lipinski definition) is 2. The molecule has 0 radical (unpaired) electrons. The number of aliphatic hydroxyl groups is 1. The molecule has 2 aliphatic rings. The number of carbonyl (C=O) groups excluding carboxylic acids is 1. The summed E-state index contributed by atoms with van der Waals surface area (Å²) in [7, 11) is -2.89. The molecule has 0 aromatic heterocycles. The van der Waals surface area contributed by atoms with E-state index < -0.39 is 15.4 Å². The van der Waals surface area contributed by atoms with Crippen molar-refractivity contribution in [3.63, 3.8) is 0 Å². The fourth-order valence-electron chi connectivity index (χ4n) is 3.63. The van der Waals surface area contributed by atoms with Crippen molar-refractivity contribution in [2.75, 3.05) is 11.5 Å². The van der Waals surface area contributed by atoms with Crippen molar-refractivity contribution in [3.05, 3.63) is 0 Å². The molecule has 0 bridgehead atoms. The van der Waals surface area contributed by atoms with Crippen LogP contribution in [0.25, 0.3) is 0 Å². The Labute approximate surface area is 127 Å². The van der Waals surface area contributed by atoms with E-state index in [0.29, 0.717) is 12.8 Å². The second kappa shape index (κ2) is 5.23. The molecule has 1 aliphatic carbocycles. The van der Waals surface area contributed by atoms with Gasteiger partial charge in [0.25, 0.3) is 0 Å². The van der Waals surface area contributed by atoms with Gasteiger partial charge >= 0.3 is 0 Å². The lowest BCUT2D eigenvalue weighted by Crippen LogP contribution is -2.53. The maximum absolute atomic E-state index is 12.4. The Hall–Kier alpha value is -0.620. The highest BCUT2D eigenvalue weighted by Gasteiger charge is 2.59. The van der Waals surface area contributed by atoms with Gasteiger partial charge < -0.3 is 10.4 Å². The molecule has 1 amide bonds. The highest BCUT2D eigenvalue weighted by Crippen LogP contribution is 2.59. The summed E-state index contributed by atoms with van der Waals surface area (Å²) < 4.78 is 23.0. The lowest BCUT2D eigenvalue weighted by Gasteiger charge is -2.33. The van der Waals surface area contributed by atoms with E-state index in [4.69, 9.17) is 0 Å². The van der Waals surface area contributed by atoms with Crippen LogP contribution in [0.2, 0.25) is 0 Å². The van der Waals surface area contributed by atoms with Crippen LogP contribution in [0.15, 0.2) is 0 Å². The number of nitrogens with one attached hydrogen (secondary N) is 1. The summed E-state index contributed by atoms with van der Waals surface area (Å²) in [6.45, 7) is 7.35. The summed E-state index contributed by atoms with van der Waals surface area (Å²) in [5.74, 6) is 0.424. The van der Waals surface area contributed by atoms with Gasteiger partial charge in [-0.3, -0.25) is 4.79 Å². The number of carbonyl (C=O) groups is 1. The van der Waals surface area contributed by atoms with Gasteiger partial charge in [-0.2, -0.15) is 0 Å². The fraction of sp³-hybridized carbons (Fsp3) is 0.933. The minimum absolute atomic E-state index is 0.0323. The first-order valence-corrected chi connectivity index (χ1v) is 9.52. The Morgan fingerprint density at radius 1 is 1.29 bits per heavy atom. The third kappa shape index (κ3) is 3.59. The molecule has 1 unspecified atom stereocenters. The van der Waals surface area contributed by atoms with E-state index in [2.05, 4.69) is 5.32 Å². The first-order valence-electron chi connectivity index (χ1n) is 7.70. The molecule has 2 rings (SSSR count). The maximum Gasteiger partial charge on any atom is 0.224 e. The lowest BCUT2D eigenvalue weighted by molar-refractivity contribution is -0.126. The Morgan fingerprint density at radius 2 is 1.81 bits per heavy atom.